The first-order valence-electron chi connectivity index (χ1n) is 9.13. The van der Waals surface area contributed by atoms with E-state index in [4.69, 9.17) is 18.0 Å². The number of piperidine rings is 1. The van der Waals surface area contributed by atoms with Gasteiger partial charge in [0.2, 0.25) is 5.91 Å². The van der Waals surface area contributed by atoms with Crippen LogP contribution in [0.2, 0.25) is 5.02 Å². The molecule has 0 unspecified atom stereocenters. The second-order valence-corrected chi connectivity index (χ2v) is 7.44. The highest BCUT2D eigenvalue weighted by atomic mass is 35.5. The van der Waals surface area contributed by atoms with E-state index >= 15 is 0 Å². The molecule has 2 heterocycles. The number of carbonyl (C=O) groups excluding carboxylic acids is 1. The zero-order valence-electron chi connectivity index (χ0n) is 14.6. The lowest BCUT2D eigenvalue weighted by molar-refractivity contribution is -0.127. The Bertz CT molecular complexity index is 625. The number of rotatable bonds is 5. The minimum atomic E-state index is -0.0569. The van der Waals surface area contributed by atoms with Crippen LogP contribution in [-0.2, 0) is 4.79 Å². The van der Waals surface area contributed by atoms with E-state index in [9.17, 15) is 4.79 Å². The normalized spacial score (nSPS) is 24.1. The van der Waals surface area contributed by atoms with Crippen LogP contribution in [-0.4, -0.2) is 49.6 Å². The van der Waals surface area contributed by atoms with Crippen molar-refractivity contribution in [2.75, 3.05) is 37.6 Å². The van der Waals surface area contributed by atoms with E-state index in [0.29, 0.717) is 12.5 Å². The minimum Gasteiger partial charge on any atom is -0.371 e. The van der Waals surface area contributed by atoms with Crippen LogP contribution in [0, 0.1) is 18.3 Å². The Hall–Kier alpha value is -1.70. The average Bonchev–Trinajstić information content (AvgIpc) is 3.10. The van der Waals surface area contributed by atoms with Crippen LogP contribution < -0.4 is 10.2 Å². The van der Waals surface area contributed by atoms with Gasteiger partial charge in [-0.05, 0) is 56.0 Å². The maximum absolute atomic E-state index is 12.6. The fourth-order valence-electron chi connectivity index (χ4n) is 3.84. The largest absolute Gasteiger partial charge is 0.371 e. The summed E-state index contributed by atoms with van der Waals surface area (Å²) in [7, 11) is 0. The number of halogens is 1. The predicted octanol–water partition coefficient (Wildman–Crippen LogP) is 2.77. The number of likely N-dealkylation sites (tertiary alicyclic amines) is 1. The molecule has 1 aromatic rings. The lowest BCUT2D eigenvalue weighted by Gasteiger charge is -2.33. The van der Waals surface area contributed by atoms with Crippen molar-refractivity contribution in [1.82, 2.24) is 10.2 Å². The van der Waals surface area contributed by atoms with Gasteiger partial charge in [0.1, 0.15) is 0 Å². The highest BCUT2D eigenvalue weighted by Gasteiger charge is 2.29. The lowest BCUT2D eigenvalue weighted by atomic mass is 10.0. The van der Waals surface area contributed by atoms with Crippen molar-refractivity contribution >= 4 is 23.2 Å². The third-order valence-corrected chi connectivity index (χ3v) is 5.51. The molecule has 2 fully saturated rings. The van der Waals surface area contributed by atoms with Crippen LogP contribution >= 0.6 is 11.6 Å². The van der Waals surface area contributed by atoms with Crippen LogP contribution in [0.15, 0.2) is 24.3 Å². The number of amides is 1. The summed E-state index contributed by atoms with van der Waals surface area (Å²) in [6.07, 6.45) is 9.68. The van der Waals surface area contributed by atoms with Crippen molar-refractivity contribution in [2.45, 2.75) is 31.7 Å². The standard InChI is InChI=1S/C20H26ClN3O/c1-2-11-23-12-4-3-5-19(23)20(25)22-14-16-10-13-24(15-16)18-8-6-17(21)7-9-18/h1,6-9,16,19H,3-5,10-15H2,(H,22,25)/t16-,19+/m1/s1. The van der Waals surface area contributed by atoms with Gasteiger partial charge in [0.25, 0.3) is 0 Å². The average molecular weight is 360 g/mol. The molecule has 25 heavy (non-hydrogen) atoms. The van der Waals surface area contributed by atoms with Crippen LogP contribution in [0.3, 0.4) is 0 Å². The minimum absolute atomic E-state index is 0.0569. The first kappa shape index (κ1) is 18.1. The van der Waals surface area contributed by atoms with E-state index in [0.717, 1.165) is 56.9 Å². The predicted molar refractivity (Wildman–Crippen MR) is 103 cm³/mol. The SMILES string of the molecule is C#CCN1CCCC[C@H]1C(=O)NC[C@H]1CCN(c2ccc(Cl)cc2)C1. The number of terminal acetylenes is 1. The summed E-state index contributed by atoms with van der Waals surface area (Å²) in [5, 5.41) is 3.93. The highest BCUT2D eigenvalue weighted by molar-refractivity contribution is 6.30. The Kier molecular flexibility index (Phi) is 6.23. The van der Waals surface area contributed by atoms with Crippen molar-refractivity contribution < 1.29 is 4.79 Å². The smallest absolute Gasteiger partial charge is 0.237 e. The van der Waals surface area contributed by atoms with Crippen LogP contribution in [0.4, 0.5) is 5.69 Å². The van der Waals surface area contributed by atoms with Crippen molar-refractivity contribution in [3.8, 4) is 12.3 Å². The second kappa shape index (κ2) is 8.60. The molecule has 0 radical (unpaired) electrons. The van der Waals surface area contributed by atoms with Gasteiger partial charge in [0, 0.05) is 30.3 Å². The van der Waals surface area contributed by atoms with Gasteiger partial charge in [-0.25, -0.2) is 0 Å². The van der Waals surface area contributed by atoms with Gasteiger partial charge in [0.15, 0.2) is 0 Å². The summed E-state index contributed by atoms with van der Waals surface area (Å²) in [6.45, 7) is 4.22. The zero-order chi connectivity index (χ0) is 17.6. The quantitative estimate of drug-likeness (QED) is 0.821. The van der Waals surface area contributed by atoms with Crippen LogP contribution in [0.5, 0.6) is 0 Å². The van der Waals surface area contributed by atoms with Gasteiger partial charge in [-0.15, -0.1) is 6.42 Å². The van der Waals surface area contributed by atoms with Gasteiger partial charge >= 0.3 is 0 Å². The molecule has 1 aromatic carbocycles. The summed E-state index contributed by atoms with van der Waals surface area (Å²) in [6, 6.07) is 7.91. The number of nitrogens with zero attached hydrogens (tertiary/aromatic N) is 2. The fraction of sp³-hybridized carbons (Fsp3) is 0.550. The third kappa shape index (κ3) is 4.68. The molecule has 5 heteroatoms. The second-order valence-electron chi connectivity index (χ2n) is 7.01. The molecule has 1 amide bonds. The van der Waals surface area contributed by atoms with E-state index < -0.39 is 0 Å². The first-order valence-corrected chi connectivity index (χ1v) is 9.51. The van der Waals surface area contributed by atoms with Crippen molar-refractivity contribution in [1.29, 1.82) is 0 Å². The maximum Gasteiger partial charge on any atom is 0.237 e. The summed E-state index contributed by atoms with van der Waals surface area (Å²) in [4.78, 5) is 17.1. The Morgan fingerprint density at radius 1 is 1.24 bits per heavy atom. The number of anilines is 1. The van der Waals surface area contributed by atoms with Gasteiger partial charge in [0.05, 0.1) is 12.6 Å². The third-order valence-electron chi connectivity index (χ3n) is 5.25. The van der Waals surface area contributed by atoms with Crippen LogP contribution in [0.25, 0.3) is 0 Å². The first-order chi connectivity index (χ1) is 12.2. The molecular formula is C20H26ClN3O. The number of benzene rings is 1. The Labute approximate surface area is 155 Å². The van der Waals surface area contributed by atoms with E-state index in [1.807, 2.05) is 12.1 Å². The number of carbonyl (C=O) groups is 1. The lowest BCUT2D eigenvalue weighted by Crippen LogP contribution is -2.50. The summed E-state index contributed by atoms with van der Waals surface area (Å²) in [5.41, 5.74) is 1.20. The van der Waals surface area contributed by atoms with Gasteiger partial charge in [-0.1, -0.05) is 23.9 Å². The van der Waals surface area contributed by atoms with E-state index in [2.05, 4.69) is 33.2 Å². The zero-order valence-corrected chi connectivity index (χ0v) is 15.3. The van der Waals surface area contributed by atoms with E-state index in [1.54, 1.807) is 0 Å². The number of hydrogen-bond acceptors (Lipinski definition) is 3. The molecule has 0 bridgehead atoms. The number of nitrogens with one attached hydrogen (secondary N) is 1. The summed E-state index contributed by atoms with van der Waals surface area (Å²) in [5.74, 6) is 3.31. The summed E-state index contributed by atoms with van der Waals surface area (Å²) >= 11 is 5.96. The molecule has 0 aromatic heterocycles. The maximum atomic E-state index is 12.6. The highest BCUT2D eigenvalue weighted by Crippen LogP contribution is 2.25. The molecule has 2 saturated heterocycles. The topological polar surface area (TPSA) is 35.6 Å². The van der Waals surface area contributed by atoms with Gasteiger partial charge in [-0.2, -0.15) is 0 Å². The van der Waals surface area contributed by atoms with E-state index in [-0.39, 0.29) is 11.9 Å². The fourth-order valence-corrected chi connectivity index (χ4v) is 3.97. The molecule has 2 atom stereocenters. The van der Waals surface area contributed by atoms with Gasteiger partial charge in [-0.3, -0.25) is 9.69 Å². The Balaban J connectivity index is 1.48. The molecule has 0 spiro atoms. The molecule has 134 valence electrons. The van der Waals surface area contributed by atoms with E-state index in [1.165, 1.54) is 5.69 Å². The van der Waals surface area contributed by atoms with Gasteiger partial charge < -0.3 is 10.2 Å². The number of hydrogen-bond donors (Lipinski definition) is 1. The molecule has 4 nitrogen and oxygen atoms in total. The van der Waals surface area contributed by atoms with Crippen LogP contribution in [0.1, 0.15) is 25.7 Å². The monoisotopic (exact) mass is 359 g/mol. The molecular weight excluding hydrogens is 334 g/mol. The molecule has 0 saturated carbocycles. The molecule has 0 aliphatic carbocycles. The molecule has 2 aliphatic rings. The Morgan fingerprint density at radius 2 is 2.04 bits per heavy atom. The van der Waals surface area contributed by atoms with Crippen molar-refractivity contribution in [2.24, 2.45) is 5.92 Å². The van der Waals surface area contributed by atoms with Crippen molar-refractivity contribution in [3.63, 3.8) is 0 Å². The van der Waals surface area contributed by atoms with Crippen molar-refractivity contribution in [3.05, 3.63) is 29.3 Å². The molecule has 1 N–H and O–H groups in total. The molecule has 2 aliphatic heterocycles. The Morgan fingerprint density at radius 3 is 2.80 bits per heavy atom. The molecule has 3 rings (SSSR count). The summed E-state index contributed by atoms with van der Waals surface area (Å²) < 4.78 is 0.